The first-order chi connectivity index (χ1) is 12.6. The molecule has 5 heteroatoms. The molecule has 0 aliphatic carbocycles. The molecule has 0 radical (unpaired) electrons. The van der Waals surface area contributed by atoms with E-state index in [-0.39, 0.29) is 12.6 Å². The number of carbonyl (C=O) groups excluding carboxylic acids is 1. The average molecular weight is 352 g/mol. The molecule has 1 fully saturated rings. The molecule has 136 valence electrons. The van der Waals surface area contributed by atoms with Crippen LogP contribution < -0.4 is 14.8 Å². The number of pyridine rings is 1. The maximum Gasteiger partial charge on any atom is 0.342 e. The van der Waals surface area contributed by atoms with Crippen LogP contribution in [0, 0.1) is 13.8 Å². The lowest BCUT2D eigenvalue weighted by Crippen LogP contribution is -2.48. The van der Waals surface area contributed by atoms with Gasteiger partial charge in [-0.2, -0.15) is 0 Å². The lowest BCUT2D eigenvalue weighted by molar-refractivity contribution is -0.364. The Morgan fingerprint density at radius 2 is 1.88 bits per heavy atom. The number of benzene rings is 1. The molecule has 1 aliphatic rings. The zero-order valence-corrected chi connectivity index (χ0v) is 15.5. The summed E-state index contributed by atoms with van der Waals surface area (Å²) in [5.41, 5.74) is 4.46. The number of ether oxygens (including phenoxy) is 1. The first-order valence-corrected chi connectivity index (χ1v) is 8.95. The lowest BCUT2D eigenvalue weighted by Gasteiger charge is -2.33. The molecule has 1 aromatic carbocycles. The fraction of sp³-hybridized carbons (Fsp3) is 0.333. The predicted molar refractivity (Wildman–Crippen MR) is 104 cm³/mol. The Bertz CT molecular complexity index is 778. The number of rotatable bonds is 5. The summed E-state index contributed by atoms with van der Waals surface area (Å²) in [6.45, 7) is 11.9. The summed E-state index contributed by atoms with van der Waals surface area (Å²) >= 11 is 0. The van der Waals surface area contributed by atoms with Crippen molar-refractivity contribution in [2.75, 3.05) is 42.6 Å². The summed E-state index contributed by atoms with van der Waals surface area (Å²) < 4.78 is 5.05. The maximum absolute atomic E-state index is 11.8. The van der Waals surface area contributed by atoms with Crippen LogP contribution in [0.3, 0.4) is 0 Å². The minimum absolute atomic E-state index is 0.223. The van der Waals surface area contributed by atoms with Crippen molar-refractivity contribution >= 4 is 17.5 Å². The van der Waals surface area contributed by atoms with Crippen molar-refractivity contribution in [3.05, 3.63) is 65.9 Å². The van der Waals surface area contributed by atoms with Gasteiger partial charge < -0.3 is 9.64 Å². The van der Waals surface area contributed by atoms with E-state index in [1.54, 1.807) is 18.3 Å². The van der Waals surface area contributed by atoms with Crippen LogP contribution in [0.5, 0.6) is 0 Å². The van der Waals surface area contributed by atoms with E-state index in [4.69, 9.17) is 4.74 Å². The molecule has 1 aromatic heterocycles. The number of aromatic nitrogens is 1. The largest absolute Gasteiger partial charge is 0.458 e. The van der Waals surface area contributed by atoms with Crippen molar-refractivity contribution in [3.63, 3.8) is 0 Å². The molecule has 26 heavy (non-hydrogen) atoms. The van der Waals surface area contributed by atoms with Gasteiger partial charge in [0.25, 0.3) is 5.82 Å². The average Bonchev–Trinajstić information content (AvgIpc) is 2.68. The first kappa shape index (κ1) is 18.0. The van der Waals surface area contributed by atoms with Gasteiger partial charge in [0.2, 0.25) is 0 Å². The van der Waals surface area contributed by atoms with E-state index in [2.05, 4.69) is 53.4 Å². The molecule has 3 rings (SSSR count). The van der Waals surface area contributed by atoms with Gasteiger partial charge in [-0.05, 0) is 37.1 Å². The molecule has 0 unspecified atom stereocenters. The van der Waals surface area contributed by atoms with Gasteiger partial charge in [0.05, 0.1) is 18.7 Å². The van der Waals surface area contributed by atoms with Gasteiger partial charge in [0, 0.05) is 11.8 Å². The van der Waals surface area contributed by atoms with Crippen molar-refractivity contribution in [1.82, 2.24) is 0 Å². The number of nitrogens with zero attached hydrogens (tertiary/aromatic N) is 2. The van der Waals surface area contributed by atoms with Crippen LogP contribution in [0.4, 0.5) is 11.5 Å². The maximum atomic E-state index is 11.8. The standard InChI is InChI=1S/C21H25N3O2/c1-4-13-26-21(25)18-7-8-20(22-15-18)24-11-9-23(10-12-24)19-14-16(2)5-6-17(19)3/h4-8,14-15H,1,9-13H2,2-3H3/p+1. The molecule has 0 bridgehead atoms. The normalized spacial score (nSPS) is 14.2. The van der Waals surface area contributed by atoms with Crippen LogP contribution in [0.1, 0.15) is 21.5 Å². The zero-order chi connectivity index (χ0) is 18.5. The highest BCUT2D eigenvalue weighted by molar-refractivity contribution is 5.88. The Morgan fingerprint density at radius 3 is 2.54 bits per heavy atom. The fourth-order valence-electron chi connectivity index (χ4n) is 3.21. The van der Waals surface area contributed by atoms with Crippen molar-refractivity contribution in [2.45, 2.75) is 13.8 Å². The number of H-pyrrole nitrogens is 1. The first-order valence-electron chi connectivity index (χ1n) is 8.95. The van der Waals surface area contributed by atoms with Crippen LogP contribution in [0.25, 0.3) is 0 Å². The van der Waals surface area contributed by atoms with E-state index in [0.717, 1.165) is 32.0 Å². The van der Waals surface area contributed by atoms with Gasteiger partial charge in [-0.15, -0.1) is 0 Å². The highest BCUT2D eigenvalue weighted by Crippen LogP contribution is 2.23. The monoisotopic (exact) mass is 352 g/mol. The smallest absolute Gasteiger partial charge is 0.342 e. The zero-order valence-electron chi connectivity index (χ0n) is 15.5. The van der Waals surface area contributed by atoms with Gasteiger partial charge in [-0.1, -0.05) is 24.8 Å². The van der Waals surface area contributed by atoms with E-state index in [0.29, 0.717) is 5.56 Å². The number of aryl methyl sites for hydroxylation is 2. The van der Waals surface area contributed by atoms with E-state index in [1.165, 1.54) is 16.8 Å². The minimum atomic E-state index is -0.340. The number of piperazine rings is 1. The number of carbonyl (C=O) groups is 1. The Labute approximate surface area is 154 Å². The van der Waals surface area contributed by atoms with Gasteiger partial charge in [-0.25, -0.2) is 9.78 Å². The molecule has 5 nitrogen and oxygen atoms in total. The third-order valence-corrected chi connectivity index (χ3v) is 4.69. The van der Waals surface area contributed by atoms with Gasteiger partial charge in [0.1, 0.15) is 25.9 Å². The molecular formula is C21H26N3O2+. The summed E-state index contributed by atoms with van der Waals surface area (Å²) in [6, 6.07) is 10.4. The van der Waals surface area contributed by atoms with Crippen molar-refractivity contribution in [3.8, 4) is 0 Å². The molecule has 1 N–H and O–H groups in total. The van der Waals surface area contributed by atoms with Crippen LogP contribution in [-0.2, 0) is 4.74 Å². The van der Waals surface area contributed by atoms with Crippen LogP contribution in [-0.4, -0.2) is 38.8 Å². The highest BCUT2D eigenvalue weighted by Gasteiger charge is 2.24. The van der Waals surface area contributed by atoms with E-state index >= 15 is 0 Å². The summed E-state index contributed by atoms with van der Waals surface area (Å²) in [7, 11) is 0. The second kappa shape index (κ2) is 8.04. The molecule has 2 aromatic rings. The predicted octanol–water partition coefficient (Wildman–Crippen LogP) is 2.79. The van der Waals surface area contributed by atoms with E-state index in [1.807, 2.05) is 6.07 Å². The number of aromatic amines is 1. The lowest BCUT2D eigenvalue weighted by atomic mass is 10.1. The van der Waals surface area contributed by atoms with Crippen molar-refractivity contribution < 1.29 is 14.5 Å². The van der Waals surface area contributed by atoms with E-state index < -0.39 is 0 Å². The number of anilines is 2. The van der Waals surface area contributed by atoms with Crippen molar-refractivity contribution in [1.29, 1.82) is 0 Å². The molecule has 1 saturated heterocycles. The Morgan fingerprint density at radius 1 is 1.15 bits per heavy atom. The summed E-state index contributed by atoms with van der Waals surface area (Å²) in [6.07, 6.45) is 3.27. The topological polar surface area (TPSA) is 46.9 Å². The molecule has 2 heterocycles. The van der Waals surface area contributed by atoms with Gasteiger partial charge >= 0.3 is 5.97 Å². The second-order valence-electron chi connectivity index (χ2n) is 6.61. The third-order valence-electron chi connectivity index (χ3n) is 4.69. The molecular weight excluding hydrogens is 326 g/mol. The molecule has 0 amide bonds. The number of hydrogen-bond donors (Lipinski definition) is 0. The minimum Gasteiger partial charge on any atom is -0.458 e. The SMILES string of the molecule is C=CCOC(=O)c1ccc(N2CCN(c3cc(C)ccc3C)CC2)[nH+]c1. The Kier molecular flexibility index (Phi) is 5.56. The van der Waals surface area contributed by atoms with Gasteiger partial charge in [-0.3, -0.25) is 4.90 Å². The molecule has 0 saturated carbocycles. The molecule has 0 atom stereocenters. The number of esters is 1. The summed E-state index contributed by atoms with van der Waals surface area (Å²) in [5.74, 6) is 0.679. The summed E-state index contributed by atoms with van der Waals surface area (Å²) in [4.78, 5) is 19.8. The fourth-order valence-corrected chi connectivity index (χ4v) is 3.21. The summed E-state index contributed by atoms with van der Waals surface area (Å²) in [5, 5.41) is 0. The third kappa shape index (κ3) is 4.04. The van der Waals surface area contributed by atoms with Crippen LogP contribution in [0.15, 0.2) is 49.2 Å². The highest BCUT2D eigenvalue weighted by atomic mass is 16.5. The number of nitrogens with one attached hydrogen (secondary N) is 1. The second-order valence-corrected chi connectivity index (χ2v) is 6.61. The van der Waals surface area contributed by atoms with Crippen molar-refractivity contribution in [2.24, 2.45) is 0 Å². The van der Waals surface area contributed by atoms with Crippen LogP contribution >= 0.6 is 0 Å². The van der Waals surface area contributed by atoms with Crippen LogP contribution in [0.2, 0.25) is 0 Å². The van der Waals surface area contributed by atoms with Gasteiger partial charge in [0.15, 0.2) is 0 Å². The van der Waals surface area contributed by atoms with E-state index in [9.17, 15) is 4.79 Å². The molecule has 1 aliphatic heterocycles. The Balaban J connectivity index is 1.62. The number of hydrogen-bond acceptors (Lipinski definition) is 4. The Hall–Kier alpha value is -2.82. The quantitative estimate of drug-likeness (QED) is 0.613. The molecule has 0 spiro atoms.